The number of halogens is 1. The van der Waals surface area contributed by atoms with E-state index < -0.39 is 0 Å². The summed E-state index contributed by atoms with van der Waals surface area (Å²) in [6.07, 6.45) is 2.69. The van der Waals surface area contributed by atoms with Crippen molar-refractivity contribution >= 4 is 11.6 Å². The van der Waals surface area contributed by atoms with Gasteiger partial charge in [-0.15, -0.1) is 0 Å². The van der Waals surface area contributed by atoms with Crippen molar-refractivity contribution in [2.75, 3.05) is 13.1 Å². The summed E-state index contributed by atoms with van der Waals surface area (Å²) in [6.45, 7) is 0.515. The molecule has 1 aromatic heterocycles. The molecule has 0 unspecified atom stereocenters. The maximum Gasteiger partial charge on any atom is 0.225 e. The number of rotatable bonds is 2. The van der Waals surface area contributed by atoms with Gasteiger partial charge in [-0.25, -0.2) is 15.0 Å². The van der Waals surface area contributed by atoms with Crippen molar-refractivity contribution in [1.29, 1.82) is 10.5 Å². The Hall–Kier alpha value is -1.76. The van der Waals surface area contributed by atoms with Crippen molar-refractivity contribution in [2.45, 2.75) is 0 Å². The number of hydrogen-bond donors (Lipinski definition) is 1. The van der Waals surface area contributed by atoms with E-state index in [0.717, 1.165) is 0 Å². The molecular formula is C7H7ClN6. The Balaban J connectivity index is 0.000000241. The molecule has 0 spiro atoms. The minimum atomic E-state index is 0.231. The van der Waals surface area contributed by atoms with E-state index in [1.165, 1.54) is 12.7 Å². The molecule has 0 amide bonds. The molecule has 72 valence electrons. The van der Waals surface area contributed by atoms with Gasteiger partial charge < -0.3 is 0 Å². The second kappa shape index (κ2) is 9.33. The lowest BCUT2D eigenvalue weighted by Gasteiger charge is -1.82. The van der Waals surface area contributed by atoms with Crippen molar-refractivity contribution in [1.82, 2.24) is 20.3 Å². The summed E-state index contributed by atoms with van der Waals surface area (Å²) in [5.74, 6) is 0. The first-order chi connectivity index (χ1) is 6.81. The number of aromatic nitrogens is 3. The van der Waals surface area contributed by atoms with Gasteiger partial charge in [0.05, 0.1) is 25.2 Å². The highest BCUT2D eigenvalue weighted by Gasteiger charge is 1.79. The van der Waals surface area contributed by atoms with Gasteiger partial charge in [0.2, 0.25) is 5.28 Å². The Bertz CT molecular complexity index is 299. The van der Waals surface area contributed by atoms with Crippen LogP contribution in [0.2, 0.25) is 5.28 Å². The average molecular weight is 211 g/mol. The lowest BCUT2D eigenvalue weighted by Crippen LogP contribution is -2.12. The Morgan fingerprint density at radius 1 is 1.21 bits per heavy atom. The van der Waals surface area contributed by atoms with Crippen LogP contribution in [0.1, 0.15) is 0 Å². The van der Waals surface area contributed by atoms with Gasteiger partial charge in [0.25, 0.3) is 0 Å². The van der Waals surface area contributed by atoms with Gasteiger partial charge in [-0.2, -0.15) is 10.5 Å². The topological polar surface area (TPSA) is 98.3 Å². The second-order valence-electron chi connectivity index (χ2n) is 1.83. The summed E-state index contributed by atoms with van der Waals surface area (Å²) in [4.78, 5) is 10.6. The number of nitrogens with zero attached hydrogens (tertiary/aromatic N) is 5. The SMILES string of the molecule is Clc1ncncn1.N#CCNCC#N. The zero-order valence-electron chi connectivity index (χ0n) is 7.18. The first-order valence-electron chi connectivity index (χ1n) is 3.53. The predicted molar refractivity (Wildman–Crippen MR) is 48.9 cm³/mol. The first-order valence-corrected chi connectivity index (χ1v) is 3.91. The number of nitriles is 2. The van der Waals surface area contributed by atoms with E-state index in [1.54, 1.807) is 0 Å². The van der Waals surface area contributed by atoms with Gasteiger partial charge in [-0.05, 0) is 11.6 Å². The molecule has 1 heterocycles. The third-order valence-electron chi connectivity index (χ3n) is 0.870. The van der Waals surface area contributed by atoms with Crippen LogP contribution in [0, 0.1) is 22.7 Å². The van der Waals surface area contributed by atoms with Gasteiger partial charge in [0.1, 0.15) is 12.7 Å². The number of nitrogens with one attached hydrogen (secondary N) is 1. The molecule has 0 aliphatic carbocycles. The summed E-state index contributed by atoms with van der Waals surface area (Å²) in [5, 5.41) is 18.5. The molecule has 7 heteroatoms. The normalized spacial score (nSPS) is 7.64. The van der Waals surface area contributed by atoms with E-state index in [9.17, 15) is 0 Å². The van der Waals surface area contributed by atoms with Crippen LogP contribution in [-0.4, -0.2) is 28.0 Å². The largest absolute Gasteiger partial charge is 0.292 e. The minimum Gasteiger partial charge on any atom is -0.292 e. The third-order valence-corrected chi connectivity index (χ3v) is 1.07. The van der Waals surface area contributed by atoms with Crippen LogP contribution >= 0.6 is 11.6 Å². The van der Waals surface area contributed by atoms with Crippen molar-refractivity contribution in [2.24, 2.45) is 0 Å². The van der Waals surface area contributed by atoms with Crippen molar-refractivity contribution < 1.29 is 0 Å². The molecule has 1 N–H and O–H groups in total. The molecular weight excluding hydrogens is 204 g/mol. The molecule has 0 fully saturated rings. The van der Waals surface area contributed by atoms with Gasteiger partial charge in [-0.3, -0.25) is 5.32 Å². The van der Waals surface area contributed by atoms with Crippen molar-refractivity contribution in [3.05, 3.63) is 17.9 Å². The molecule has 0 saturated heterocycles. The lowest BCUT2D eigenvalue weighted by molar-refractivity contribution is 0.857. The first kappa shape index (κ1) is 12.2. The van der Waals surface area contributed by atoms with Crippen LogP contribution in [0.5, 0.6) is 0 Å². The molecule has 0 atom stereocenters. The lowest BCUT2D eigenvalue weighted by atomic mass is 10.6. The molecule has 1 aromatic rings. The second-order valence-corrected chi connectivity index (χ2v) is 2.17. The molecule has 0 bridgehead atoms. The minimum absolute atomic E-state index is 0.231. The fraction of sp³-hybridized carbons (Fsp3) is 0.286. The van der Waals surface area contributed by atoms with E-state index in [1.807, 2.05) is 12.1 Å². The quantitative estimate of drug-likeness (QED) is 0.551. The van der Waals surface area contributed by atoms with Gasteiger partial charge >= 0.3 is 0 Å². The Morgan fingerprint density at radius 2 is 1.71 bits per heavy atom. The number of hydrogen-bond acceptors (Lipinski definition) is 6. The Kier molecular flexibility index (Phi) is 8.16. The molecule has 0 aliphatic heterocycles. The zero-order chi connectivity index (χ0) is 10.6. The molecule has 0 radical (unpaired) electrons. The molecule has 6 nitrogen and oxygen atoms in total. The van der Waals surface area contributed by atoms with Crippen molar-refractivity contribution in [3.63, 3.8) is 0 Å². The monoisotopic (exact) mass is 210 g/mol. The highest BCUT2D eigenvalue weighted by atomic mass is 35.5. The molecule has 0 aromatic carbocycles. The van der Waals surface area contributed by atoms with Crippen LogP contribution in [0.15, 0.2) is 12.7 Å². The van der Waals surface area contributed by atoms with E-state index in [2.05, 4.69) is 20.3 Å². The standard InChI is InChI=1S/C4H5N3.C3H2ClN3/c5-1-3-7-4-2-6;4-3-6-1-5-2-7-3/h7H,3-4H2;1-2H. The molecule has 14 heavy (non-hydrogen) atoms. The maximum absolute atomic E-state index is 7.87. The highest BCUT2D eigenvalue weighted by Crippen LogP contribution is 1.90. The Morgan fingerprint density at radius 3 is 2.00 bits per heavy atom. The van der Waals surface area contributed by atoms with Crippen LogP contribution in [-0.2, 0) is 0 Å². The third kappa shape index (κ3) is 8.34. The average Bonchev–Trinajstić information content (AvgIpc) is 2.21. The maximum atomic E-state index is 7.87. The van der Waals surface area contributed by atoms with Crippen LogP contribution in [0.3, 0.4) is 0 Å². The smallest absolute Gasteiger partial charge is 0.225 e. The van der Waals surface area contributed by atoms with Crippen molar-refractivity contribution in [3.8, 4) is 12.1 Å². The summed E-state index contributed by atoms with van der Waals surface area (Å²) in [7, 11) is 0. The van der Waals surface area contributed by atoms with Crippen LogP contribution < -0.4 is 5.32 Å². The summed E-state index contributed by atoms with van der Waals surface area (Å²) < 4.78 is 0. The summed E-state index contributed by atoms with van der Waals surface area (Å²) in [5.41, 5.74) is 0. The summed E-state index contributed by atoms with van der Waals surface area (Å²) >= 11 is 5.28. The molecule has 0 aliphatic rings. The van der Waals surface area contributed by atoms with E-state index >= 15 is 0 Å². The van der Waals surface area contributed by atoms with E-state index in [-0.39, 0.29) is 18.4 Å². The summed E-state index contributed by atoms with van der Waals surface area (Å²) in [6, 6.07) is 3.68. The fourth-order valence-corrected chi connectivity index (χ4v) is 0.487. The zero-order valence-corrected chi connectivity index (χ0v) is 7.94. The van der Waals surface area contributed by atoms with Gasteiger partial charge in [0.15, 0.2) is 0 Å². The fourth-order valence-electron chi connectivity index (χ4n) is 0.399. The molecule has 0 saturated carbocycles. The van der Waals surface area contributed by atoms with E-state index in [0.29, 0.717) is 0 Å². The highest BCUT2D eigenvalue weighted by molar-refractivity contribution is 6.28. The van der Waals surface area contributed by atoms with E-state index in [4.69, 9.17) is 22.1 Å². The van der Waals surface area contributed by atoms with Crippen LogP contribution in [0.4, 0.5) is 0 Å². The van der Waals surface area contributed by atoms with Gasteiger partial charge in [0, 0.05) is 0 Å². The molecule has 1 rings (SSSR count). The Labute approximate surface area is 86.2 Å². The van der Waals surface area contributed by atoms with Gasteiger partial charge in [-0.1, -0.05) is 0 Å². The van der Waals surface area contributed by atoms with Crippen LogP contribution in [0.25, 0.3) is 0 Å². The predicted octanol–water partition coefficient (Wildman–Crippen LogP) is 0.148.